The lowest BCUT2D eigenvalue weighted by atomic mass is 10.1. The third kappa shape index (κ3) is 3.17. The van der Waals surface area contributed by atoms with E-state index in [4.69, 9.17) is 5.73 Å². The van der Waals surface area contributed by atoms with Crippen molar-refractivity contribution in [2.45, 2.75) is 13.8 Å². The van der Waals surface area contributed by atoms with Gasteiger partial charge < -0.3 is 11.1 Å². The van der Waals surface area contributed by atoms with Crippen LogP contribution in [0.25, 0.3) is 0 Å². The second-order valence-electron chi connectivity index (χ2n) is 4.79. The molecule has 6 nitrogen and oxygen atoms in total. The Balaban J connectivity index is 2.30. The number of carbonyl (C=O) groups excluding carboxylic acids is 1. The number of amides is 1. The van der Waals surface area contributed by atoms with Gasteiger partial charge in [0.1, 0.15) is 0 Å². The van der Waals surface area contributed by atoms with E-state index in [0.717, 1.165) is 0 Å². The van der Waals surface area contributed by atoms with Crippen LogP contribution >= 0.6 is 0 Å². The van der Waals surface area contributed by atoms with Crippen LogP contribution in [0.1, 0.15) is 21.5 Å². The summed E-state index contributed by atoms with van der Waals surface area (Å²) in [7, 11) is 0. The minimum atomic E-state index is -0.439. The molecule has 0 atom stereocenters. The molecule has 0 aliphatic carbocycles. The summed E-state index contributed by atoms with van der Waals surface area (Å²) in [5.74, 6) is -0.307. The Bertz CT molecular complexity index is 726. The van der Waals surface area contributed by atoms with Crippen LogP contribution in [0.3, 0.4) is 0 Å². The number of nitrogens with one attached hydrogen (secondary N) is 1. The van der Waals surface area contributed by atoms with Gasteiger partial charge in [0.05, 0.1) is 4.92 Å². The zero-order chi connectivity index (χ0) is 15.6. The molecule has 108 valence electrons. The van der Waals surface area contributed by atoms with Crippen molar-refractivity contribution in [1.29, 1.82) is 0 Å². The minimum Gasteiger partial charge on any atom is -0.399 e. The predicted molar refractivity (Wildman–Crippen MR) is 81.4 cm³/mol. The Labute approximate surface area is 121 Å². The molecule has 0 saturated heterocycles. The summed E-state index contributed by atoms with van der Waals surface area (Å²) in [5, 5.41) is 13.6. The predicted octanol–water partition coefficient (Wildman–Crippen LogP) is 3.05. The number of carbonyl (C=O) groups is 1. The van der Waals surface area contributed by atoms with Crippen molar-refractivity contribution in [1.82, 2.24) is 0 Å². The van der Waals surface area contributed by atoms with Crippen LogP contribution < -0.4 is 11.1 Å². The largest absolute Gasteiger partial charge is 0.399 e. The zero-order valence-corrected chi connectivity index (χ0v) is 11.7. The summed E-state index contributed by atoms with van der Waals surface area (Å²) < 4.78 is 0. The molecular weight excluding hydrogens is 270 g/mol. The average Bonchev–Trinajstić information content (AvgIpc) is 2.42. The highest BCUT2D eigenvalue weighted by Gasteiger charge is 2.15. The standard InChI is InChI=1S/C15H15N3O3/c1-9-7-14(18(20)21)10(2)6-13(9)17-15(19)11-4-3-5-12(16)8-11/h3-8H,16H2,1-2H3,(H,17,19). The van der Waals surface area contributed by atoms with E-state index in [-0.39, 0.29) is 11.6 Å². The molecule has 0 fully saturated rings. The number of nitro benzene ring substituents is 1. The molecule has 0 saturated carbocycles. The molecule has 0 bridgehead atoms. The topological polar surface area (TPSA) is 98.3 Å². The maximum Gasteiger partial charge on any atom is 0.272 e. The number of rotatable bonds is 3. The fraction of sp³-hybridized carbons (Fsp3) is 0.133. The lowest BCUT2D eigenvalue weighted by Crippen LogP contribution is -2.13. The van der Waals surface area contributed by atoms with Crippen LogP contribution in [0, 0.1) is 24.0 Å². The number of nitrogen functional groups attached to an aromatic ring is 1. The number of aryl methyl sites for hydroxylation is 2. The van der Waals surface area contributed by atoms with Crippen LogP contribution in [0.15, 0.2) is 36.4 Å². The molecular formula is C15H15N3O3. The summed E-state index contributed by atoms with van der Waals surface area (Å²) in [6.45, 7) is 3.34. The van der Waals surface area contributed by atoms with Gasteiger partial charge in [-0.1, -0.05) is 6.07 Å². The lowest BCUT2D eigenvalue weighted by Gasteiger charge is -2.10. The maximum atomic E-state index is 12.1. The lowest BCUT2D eigenvalue weighted by molar-refractivity contribution is -0.385. The average molecular weight is 285 g/mol. The maximum absolute atomic E-state index is 12.1. The van der Waals surface area contributed by atoms with E-state index in [0.29, 0.717) is 28.1 Å². The van der Waals surface area contributed by atoms with Crippen LogP contribution in [0.2, 0.25) is 0 Å². The molecule has 0 unspecified atom stereocenters. The van der Waals surface area contributed by atoms with E-state index in [1.54, 1.807) is 44.2 Å². The number of benzene rings is 2. The normalized spacial score (nSPS) is 10.2. The van der Waals surface area contributed by atoms with Gasteiger partial charge in [-0.05, 0) is 43.7 Å². The summed E-state index contributed by atoms with van der Waals surface area (Å²) >= 11 is 0. The van der Waals surface area contributed by atoms with Crippen molar-refractivity contribution < 1.29 is 9.72 Å². The van der Waals surface area contributed by atoms with Gasteiger partial charge in [0.25, 0.3) is 11.6 Å². The number of anilines is 2. The van der Waals surface area contributed by atoms with Crippen molar-refractivity contribution in [3.05, 3.63) is 63.2 Å². The zero-order valence-electron chi connectivity index (χ0n) is 11.7. The van der Waals surface area contributed by atoms with Crippen molar-refractivity contribution in [3.63, 3.8) is 0 Å². The third-order valence-electron chi connectivity index (χ3n) is 3.14. The van der Waals surface area contributed by atoms with Gasteiger partial charge >= 0.3 is 0 Å². The third-order valence-corrected chi connectivity index (χ3v) is 3.14. The van der Waals surface area contributed by atoms with E-state index >= 15 is 0 Å². The minimum absolute atomic E-state index is 0.0365. The molecule has 21 heavy (non-hydrogen) atoms. The molecule has 1 amide bonds. The number of nitro groups is 1. The fourth-order valence-electron chi connectivity index (χ4n) is 2.01. The molecule has 2 aromatic carbocycles. The molecule has 0 aromatic heterocycles. The first kappa shape index (κ1) is 14.5. The highest BCUT2D eigenvalue weighted by molar-refractivity contribution is 6.05. The Morgan fingerprint density at radius 2 is 1.90 bits per heavy atom. The fourth-order valence-corrected chi connectivity index (χ4v) is 2.01. The number of hydrogen-bond donors (Lipinski definition) is 2. The smallest absolute Gasteiger partial charge is 0.272 e. The second-order valence-corrected chi connectivity index (χ2v) is 4.79. The molecule has 0 spiro atoms. The molecule has 0 heterocycles. The summed E-state index contributed by atoms with van der Waals surface area (Å²) in [5.41, 5.74) is 8.28. The van der Waals surface area contributed by atoms with E-state index < -0.39 is 4.92 Å². The molecule has 3 N–H and O–H groups in total. The van der Waals surface area contributed by atoms with E-state index in [9.17, 15) is 14.9 Å². The summed E-state index contributed by atoms with van der Waals surface area (Å²) in [6.07, 6.45) is 0. The SMILES string of the molecule is Cc1cc([N+](=O)[O-])c(C)cc1NC(=O)c1cccc(N)c1. The van der Waals surface area contributed by atoms with Gasteiger partial charge in [0.15, 0.2) is 0 Å². The van der Waals surface area contributed by atoms with Gasteiger partial charge in [-0.2, -0.15) is 0 Å². The van der Waals surface area contributed by atoms with Crippen molar-refractivity contribution in [2.75, 3.05) is 11.1 Å². The highest BCUT2D eigenvalue weighted by atomic mass is 16.6. The van der Waals surface area contributed by atoms with Crippen molar-refractivity contribution in [3.8, 4) is 0 Å². The first-order chi connectivity index (χ1) is 9.88. The molecule has 2 aromatic rings. The summed E-state index contributed by atoms with van der Waals surface area (Å²) in [4.78, 5) is 22.6. The molecule has 6 heteroatoms. The van der Waals surface area contributed by atoms with Crippen molar-refractivity contribution >= 4 is 23.0 Å². The highest BCUT2D eigenvalue weighted by Crippen LogP contribution is 2.26. The van der Waals surface area contributed by atoms with Crippen molar-refractivity contribution in [2.24, 2.45) is 0 Å². The Morgan fingerprint density at radius 3 is 2.52 bits per heavy atom. The molecule has 0 aliphatic heterocycles. The monoisotopic (exact) mass is 285 g/mol. The van der Waals surface area contributed by atoms with Gasteiger partial charge in [-0.3, -0.25) is 14.9 Å². The van der Waals surface area contributed by atoms with Gasteiger partial charge in [-0.15, -0.1) is 0 Å². The van der Waals surface area contributed by atoms with Crippen LogP contribution in [-0.4, -0.2) is 10.8 Å². The van der Waals surface area contributed by atoms with Gasteiger partial charge in [0.2, 0.25) is 0 Å². The van der Waals surface area contributed by atoms with Gasteiger partial charge in [-0.25, -0.2) is 0 Å². The Kier molecular flexibility index (Phi) is 3.89. The van der Waals surface area contributed by atoms with E-state index in [1.165, 1.54) is 6.07 Å². The molecule has 2 rings (SSSR count). The Morgan fingerprint density at radius 1 is 1.19 bits per heavy atom. The number of nitrogens with two attached hydrogens (primary N) is 1. The second kappa shape index (κ2) is 5.62. The van der Waals surface area contributed by atoms with Crippen LogP contribution in [-0.2, 0) is 0 Å². The van der Waals surface area contributed by atoms with E-state index in [2.05, 4.69) is 5.32 Å². The van der Waals surface area contributed by atoms with E-state index in [1.807, 2.05) is 0 Å². The van der Waals surface area contributed by atoms with Gasteiger partial charge in [0, 0.05) is 28.6 Å². The first-order valence-corrected chi connectivity index (χ1v) is 6.31. The molecule has 0 aliphatic rings. The number of nitrogens with zero attached hydrogens (tertiary/aromatic N) is 1. The van der Waals surface area contributed by atoms with Crippen LogP contribution in [0.4, 0.5) is 17.1 Å². The Hall–Kier alpha value is -2.89. The van der Waals surface area contributed by atoms with Crippen LogP contribution in [0.5, 0.6) is 0 Å². The summed E-state index contributed by atoms with van der Waals surface area (Å²) in [6, 6.07) is 9.65. The number of hydrogen-bond acceptors (Lipinski definition) is 4. The first-order valence-electron chi connectivity index (χ1n) is 6.31. The quantitative estimate of drug-likeness (QED) is 0.514. The molecule has 0 radical (unpaired) electrons.